The van der Waals surface area contributed by atoms with Crippen molar-refractivity contribution < 1.29 is 23.8 Å². The van der Waals surface area contributed by atoms with Gasteiger partial charge in [-0.2, -0.15) is 0 Å². The number of fused-ring (bicyclic) bond motifs is 1. The van der Waals surface area contributed by atoms with Crippen molar-refractivity contribution in [1.82, 2.24) is 4.98 Å². The molecule has 2 heterocycles. The SMILES string of the molecule is CCOc1cc(C(CC(=O)OC)C2C(=O)c3cnccc3N2[O-])ccc1OC1CCCC1. The number of pyridine rings is 1. The third-order valence-electron chi connectivity index (χ3n) is 6.11. The summed E-state index contributed by atoms with van der Waals surface area (Å²) in [6.07, 6.45) is 7.19. The summed E-state index contributed by atoms with van der Waals surface area (Å²) in [7, 11) is 1.29. The van der Waals surface area contributed by atoms with Crippen molar-refractivity contribution in [3.05, 3.63) is 53.0 Å². The molecular formula is C24H27N2O6-. The first-order chi connectivity index (χ1) is 15.5. The highest BCUT2D eigenvalue weighted by Crippen LogP contribution is 2.41. The fourth-order valence-corrected chi connectivity index (χ4v) is 4.51. The van der Waals surface area contributed by atoms with Gasteiger partial charge in [0.15, 0.2) is 17.3 Å². The molecule has 2 aliphatic rings. The molecule has 1 fully saturated rings. The van der Waals surface area contributed by atoms with Gasteiger partial charge in [0.2, 0.25) is 0 Å². The normalized spacial score (nSPS) is 19.0. The average Bonchev–Trinajstić information content (AvgIpc) is 3.40. The zero-order valence-corrected chi connectivity index (χ0v) is 18.3. The Balaban J connectivity index is 1.69. The van der Waals surface area contributed by atoms with Crippen LogP contribution in [0.1, 0.15) is 60.9 Å². The molecule has 0 radical (unpaired) electrons. The van der Waals surface area contributed by atoms with Crippen LogP contribution in [0.15, 0.2) is 36.7 Å². The molecule has 0 bridgehead atoms. The van der Waals surface area contributed by atoms with Crippen LogP contribution in [-0.4, -0.2) is 42.6 Å². The van der Waals surface area contributed by atoms with E-state index in [1.807, 2.05) is 6.92 Å². The van der Waals surface area contributed by atoms with Gasteiger partial charge in [-0.05, 0) is 56.4 Å². The quantitative estimate of drug-likeness (QED) is 0.569. The van der Waals surface area contributed by atoms with E-state index in [0.29, 0.717) is 28.7 Å². The lowest BCUT2D eigenvalue weighted by molar-refractivity contribution is -0.141. The third kappa shape index (κ3) is 4.27. The molecule has 1 aromatic carbocycles. The number of methoxy groups -OCH3 is 1. The van der Waals surface area contributed by atoms with Crippen molar-refractivity contribution in [3.63, 3.8) is 0 Å². The molecule has 1 saturated carbocycles. The lowest BCUT2D eigenvalue weighted by Crippen LogP contribution is -2.38. The van der Waals surface area contributed by atoms with Gasteiger partial charge in [0.05, 0.1) is 37.8 Å². The number of rotatable bonds is 8. The van der Waals surface area contributed by atoms with Crippen LogP contribution in [-0.2, 0) is 9.53 Å². The summed E-state index contributed by atoms with van der Waals surface area (Å²) in [6.45, 7) is 2.31. The average molecular weight is 439 g/mol. The standard InChI is InChI=1S/C24H27N2O6/c1-3-31-21-12-15(8-9-20(21)32-16-6-4-5-7-16)17(13-22(27)30-2)23-24(28)18-14-25-11-10-19(18)26(23)29/h8-12,14,16-17,23H,3-7,13H2,1-2H3/q-1. The largest absolute Gasteiger partial charge is 0.758 e. The van der Waals surface area contributed by atoms with Gasteiger partial charge in [0, 0.05) is 24.0 Å². The fraction of sp³-hybridized carbons (Fsp3) is 0.458. The summed E-state index contributed by atoms with van der Waals surface area (Å²) in [6, 6.07) is 5.78. The number of ether oxygens (including phenoxy) is 3. The second-order valence-corrected chi connectivity index (χ2v) is 8.08. The molecule has 0 amide bonds. The number of carbonyl (C=O) groups is 2. The van der Waals surface area contributed by atoms with Gasteiger partial charge in [-0.25, -0.2) is 0 Å². The Hall–Kier alpha value is -3.13. The van der Waals surface area contributed by atoms with Crippen molar-refractivity contribution in [2.45, 2.75) is 57.1 Å². The zero-order valence-electron chi connectivity index (χ0n) is 18.3. The van der Waals surface area contributed by atoms with Crippen LogP contribution in [0.4, 0.5) is 5.69 Å². The predicted octanol–water partition coefficient (Wildman–Crippen LogP) is 4.02. The maximum absolute atomic E-state index is 13.1. The topological polar surface area (TPSA) is 101 Å². The van der Waals surface area contributed by atoms with Crippen LogP contribution < -0.4 is 14.5 Å². The van der Waals surface area contributed by atoms with E-state index < -0.39 is 17.9 Å². The molecule has 32 heavy (non-hydrogen) atoms. The summed E-state index contributed by atoms with van der Waals surface area (Å²) in [4.78, 5) is 29.3. The molecule has 2 atom stereocenters. The highest BCUT2D eigenvalue weighted by Gasteiger charge is 2.40. The van der Waals surface area contributed by atoms with E-state index in [-0.39, 0.29) is 29.6 Å². The zero-order chi connectivity index (χ0) is 22.7. The number of ketones is 1. The molecule has 0 spiro atoms. The summed E-state index contributed by atoms with van der Waals surface area (Å²) in [5.41, 5.74) is 1.15. The Labute approximate surface area is 187 Å². The van der Waals surface area contributed by atoms with Gasteiger partial charge in [0.1, 0.15) is 0 Å². The lowest BCUT2D eigenvalue weighted by Gasteiger charge is -2.37. The summed E-state index contributed by atoms with van der Waals surface area (Å²) < 4.78 is 16.8. The number of carbonyl (C=O) groups excluding carboxylic acids is 2. The molecule has 2 aromatic rings. The molecule has 8 heteroatoms. The fourth-order valence-electron chi connectivity index (χ4n) is 4.51. The van der Waals surface area contributed by atoms with E-state index in [4.69, 9.17) is 14.2 Å². The van der Waals surface area contributed by atoms with E-state index in [1.54, 1.807) is 18.2 Å². The maximum atomic E-state index is 13.1. The molecule has 2 unspecified atom stereocenters. The third-order valence-corrected chi connectivity index (χ3v) is 6.11. The predicted molar refractivity (Wildman–Crippen MR) is 118 cm³/mol. The molecule has 4 rings (SSSR count). The Morgan fingerprint density at radius 2 is 2.03 bits per heavy atom. The minimum absolute atomic E-state index is 0.124. The van der Waals surface area contributed by atoms with Crippen molar-refractivity contribution in [2.24, 2.45) is 0 Å². The van der Waals surface area contributed by atoms with Crippen LogP contribution >= 0.6 is 0 Å². The van der Waals surface area contributed by atoms with E-state index in [0.717, 1.165) is 25.7 Å². The van der Waals surface area contributed by atoms with Crippen molar-refractivity contribution in [1.29, 1.82) is 0 Å². The first kappa shape index (κ1) is 22.1. The second kappa shape index (κ2) is 9.56. The van der Waals surface area contributed by atoms with Crippen molar-refractivity contribution in [2.75, 3.05) is 18.8 Å². The summed E-state index contributed by atoms with van der Waals surface area (Å²) in [5.74, 6) is -0.423. The lowest BCUT2D eigenvalue weighted by atomic mass is 9.86. The smallest absolute Gasteiger partial charge is 0.306 e. The number of esters is 1. The van der Waals surface area contributed by atoms with Gasteiger partial charge in [-0.3, -0.25) is 14.6 Å². The van der Waals surface area contributed by atoms with E-state index in [2.05, 4.69) is 4.98 Å². The molecule has 1 aliphatic heterocycles. The van der Waals surface area contributed by atoms with Gasteiger partial charge in [-0.1, -0.05) is 6.07 Å². The van der Waals surface area contributed by atoms with E-state index >= 15 is 0 Å². The van der Waals surface area contributed by atoms with E-state index in [1.165, 1.54) is 25.6 Å². The Bertz CT molecular complexity index is 988. The minimum Gasteiger partial charge on any atom is -0.758 e. The molecule has 1 aliphatic carbocycles. The van der Waals surface area contributed by atoms with E-state index in [9.17, 15) is 14.8 Å². The van der Waals surface area contributed by atoms with Crippen molar-refractivity contribution >= 4 is 17.4 Å². The number of hydrogen-bond donors (Lipinski definition) is 0. The monoisotopic (exact) mass is 439 g/mol. The number of hydrogen-bond acceptors (Lipinski definition) is 8. The van der Waals surface area contributed by atoms with Crippen LogP contribution in [0.2, 0.25) is 0 Å². The Morgan fingerprint density at radius 1 is 1.25 bits per heavy atom. The minimum atomic E-state index is -1.09. The summed E-state index contributed by atoms with van der Waals surface area (Å²) >= 11 is 0. The van der Waals surface area contributed by atoms with Gasteiger partial charge in [-0.15, -0.1) is 0 Å². The molecule has 0 N–H and O–H groups in total. The maximum Gasteiger partial charge on any atom is 0.306 e. The summed E-state index contributed by atoms with van der Waals surface area (Å²) in [5, 5.41) is 13.7. The van der Waals surface area contributed by atoms with Crippen LogP contribution in [0.25, 0.3) is 0 Å². The highest BCUT2D eigenvalue weighted by molar-refractivity contribution is 6.11. The van der Waals surface area contributed by atoms with Crippen LogP contribution in [0, 0.1) is 5.21 Å². The van der Waals surface area contributed by atoms with Crippen molar-refractivity contribution in [3.8, 4) is 11.5 Å². The number of hydroxylamine groups is 1. The van der Waals surface area contributed by atoms with Gasteiger partial charge < -0.3 is 24.5 Å². The van der Waals surface area contributed by atoms with Gasteiger partial charge in [0.25, 0.3) is 0 Å². The Kier molecular flexibility index (Phi) is 6.60. The number of nitrogens with zero attached hydrogens (tertiary/aromatic N) is 2. The van der Waals surface area contributed by atoms with Crippen LogP contribution in [0.5, 0.6) is 11.5 Å². The number of benzene rings is 1. The number of Topliss-reactive ketones (excluding diaryl/α,β-unsaturated/α-hetero) is 1. The number of anilines is 1. The number of aromatic nitrogens is 1. The molecule has 170 valence electrons. The molecule has 8 nitrogen and oxygen atoms in total. The van der Waals surface area contributed by atoms with Gasteiger partial charge >= 0.3 is 5.97 Å². The Morgan fingerprint density at radius 3 is 2.72 bits per heavy atom. The first-order valence-electron chi connectivity index (χ1n) is 11.0. The first-order valence-corrected chi connectivity index (χ1v) is 11.0. The molecule has 0 saturated heterocycles. The highest BCUT2D eigenvalue weighted by atomic mass is 16.5. The molecule has 1 aromatic heterocycles. The molecular weight excluding hydrogens is 412 g/mol. The van der Waals surface area contributed by atoms with Crippen LogP contribution in [0.3, 0.4) is 0 Å². The second-order valence-electron chi connectivity index (χ2n) is 8.08.